The highest BCUT2D eigenvalue weighted by molar-refractivity contribution is 7.27. The van der Waals surface area contributed by atoms with Crippen LogP contribution in [-0.4, -0.2) is 0 Å². The van der Waals surface area contributed by atoms with E-state index in [2.05, 4.69) is 535 Å². The molecule has 662 valence electrons. The minimum absolute atomic E-state index is 0.0217. The molecule has 24 aromatic rings. The molecule has 0 fully saturated rings. The third kappa shape index (κ3) is 14.9. The molecule has 0 N–H and O–H groups in total. The first-order valence-corrected chi connectivity index (χ1v) is 50.6. The van der Waals surface area contributed by atoms with Gasteiger partial charge in [-0.15, -0.1) is 34.0 Å². The van der Waals surface area contributed by atoms with Gasteiger partial charge < -0.3 is 14.7 Å². The number of nitrogens with zero attached hydrogens (tertiary/aromatic N) is 3. The molecule has 0 atom stereocenters. The van der Waals surface area contributed by atoms with E-state index in [0.29, 0.717) is 0 Å². The van der Waals surface area contributed by atoms with Gasteiger partial charge in [0.15, 0.2) is 0 Å². The van der Waals surface area contributed by atoms with Gasteiger partial charge in [-0.05, 0) is 291 Å². The molecule has 3 nitrogen and oxygen atoms in total. The van der Waals surface area contributed by atoms with Gasteiger partial charge in [-0.2, -0.15) is 0 Å². The molecule has 0 amide bonds. The SMILES string of the molecule is CC1(C)c2ccc(N(c3ccc(-c4ccccc4)cc3)c3ccc(-c4ccccc4)cc3)cc2-c2cc3c(cc21)sc1ccccc13.CC1(C)c2ccc(N(c3ccccc3)c3ccc(-c4ccc5ccccc5c4)cc3)cc2-c2cc3c(cc21)sc1ccccc13.CC1(C)c2ccccc2-c2cc3c(cc21)sc1c(N(c2ccc(-c4ccccc4)cc2)c2ccc(-c4ccccc4)cc2)cccc13. The molecule has 6 heteroatoms. The fourth-order valence-electron chi connectivity index (χ4n) is 22.1. The van der Waals surface area contributed by atoms with E-state index in [9.17, 15) is 0 Å². The Bertz CT molecular complexity index is 8680. The van der Waals surface area contributed by atoms with Crippen LogP contribution in [0.15, 0.2) is 479 Å². The monoisotopic (exact) mass is 1830 g/mol. The molecule has 0 saturated heterocycles. The van der Waals surface area contributed by atoms with Crippen molar-refractivity contribution in [2.24, 2.45) is 0 Å². The number of para-hydroxylation sites is 1. The van der Waals surface area contributed by atoms with Crippen LogP contribution in [-0.2, 0) is 16.2 Å². The predicted octanol–water partition coefficient (Wildman–Crippen LogP) is 39.0. The molecular formula is C133H97N3S3. The zero-order chi connectivity index (χ0) is 93.2. The largest absolute Gasteiger partial charge is 0.310 e. The second-order valence-corrected chi connectivity index (χ2v) is 41.8. The highest BCUT2D eigenvalue weighted by atomic mass is 32.1. The number of anilines is 9. The normalized spacial score (nSPS) is 13.1. The fourth-order valence-corrected chi connectivity index (χ4v) is 25.6. The van der Waals surface area contributed by atoms with Crippen molar-refractivity contribution in [1.82, 2.24) is 0 Å². The molecule has 0 spiro atoms. The first-order chi connectivity index (χ1) is 68.1. The van der Waals surface area contributed by atoms with Crippen molar-refractivity contribution in [2.45, 2.75) is 57.8 Å². The van der Waals surface area contributed by atoms with Crippen molar-refractivity contribution >= 4 is 156 Å². The summed E-state index contributed by atoms with van der Waals surface area (Å²) in [5.41, 5.74) is 38.9. The van der Waals surface area contributed by atoms with Crippen LogP contribution in [0, 0.1) is 0 Å². The van der Waals surface area contributed by atoms with Gasteiger partial charge in [0.25, 0.3) is 0 Å². The van der Waals surface area contributed by atoms with Gasteiger partial charge >= 0.3 is 0 Å². The summed E-state index contributed by atoms with van der Waals surface area (Å²) < 4.78 is 8.08. The molecule has 3 heterocycles. The van der Waals surface area contributed by atoms with Crippen molar-refractivity contribution in [2.75, 3.05) is 14.7 Å². The average Bonchev–Trinajstić information content (AvgIpc) is 1.56. The zero-order valence-electron chi connectivity index (χ0n) is 78.2. The molecule has 0 aliphatic heterocycles. The third-order valence-corrected chi connectivity index (χ3v) is 32.9. The van der Waals surface area contributed by atoms with E-state index in [4.69, 9.17) is 0 Å². The predicted molar refractivity (Wildman–Crippen MR) is 599 cm³/mol. The van der Waals surface area contributed by atoms with Gasteiger partial charge in [0, 0.05) is 118 Å². The minimum atomic E-state index is -0.0763. The lowest BCUT2D eigenvalue weighted by Gasteiger charge is -2.27. The first kappa shape index (κ1) is 84.7. The number of hydrogen-bond acceptors (Lipinski definition) is 6. The van der Waals surface area contributed by atoms with Crippen molar-refractivity contribution in [1.29, 1.82) is 0 Å². The van der Waals surface area contributed by atoms with Crippen LogP contribution in [0.2, 0.25) is 0 Å². The molecule has 0 radical (unpaired) electrons. The van der Waals surface area contributed by atoms with Crippen molar-refractivity contribution in [3.05, 3.63) is 513 Å². The molecule has 0 bridgehead atoms. The second-order valence-electron chi connectivity index (χ2n) is 38.6. The molecule has 3 aliphatic rings. The van der Waals surface area contributed by atoms with E-state index in [-0.39, 0.29) is 16.2 Å². The number of fused-ring (bicyclic) bond motifs is 19. The van der Waals surface area contributed by atoms with E-state index < -0.39 is 0 Å². The maximum absolute atomic E-state index is 2.47. The van der Waals surface area contributed by atoms with Crippen LogP contribution in [0.5, 0.6) is 0 Å². The Morgan fingerprint density at radius 2 is 0.453 bits per heavy atom. The standard InChI is InChI=1S/2C45H33NS.C43H31NS/c1-45(2)40-18-10-9-16-36(40)38-28-39-37-17-11-19-42(44(37)47-43(39)29-41(38)45)46(34-24-20-32(21-25-34)30-12-5-3-6-13-30)35-26-22-33(23-27-35)31-14-7-4-8-15-31;1-45(2)41-26-25-36(27-38(41)39-28-40-37-15-9-10-16-43(37)47-44(40)29-42(39)45)46(34-21-17-32(18-22-34)30-11-5-3-6-12-30)35-23-19-33(20-24-35)31-13-7-4-8-14-31;1-43(2)39-23-22-34(25-36(39)37-26-38-35-14-8-9-15-41(35)45-42(38)27-40(37)43)44(32-12-4-3-5-13-32)33-20-18-29(19-21-33)31-17-16-28-10-6-7-11-30(28)24-31/h2*3-29H,1-2H3;3-27H,1-2H3. The summed E-state index contributed by atoms with van der Waals surface area (Å²) in [6.45, 7) is 14.2. The van der Waals surface area contributed by atoms with Crippen LogP contribution in [0.25, 0.3) is 160 Å². The van der Waals surface area contributed by atoms with Gasteiger partial charge in [-0.25, -0.2) is 0 Å². The molecule has 0 unspecified atom stereocenters. The Labute approximate surface area is 824 Å². The Balaban J connectivity index is 0.000000110. The maximum atomic E-state index is 2.47. The van der Waals surface area contributed by atoms with E-state index >= 15 is 0 Å². The Morgan fingerprint density at radius 1 is 0.158 bits per heavy atom. The lowest BCUT2D eigenvalue weighted by Crippen LogP contribution is -2.15. The molecule has 3 aromatic heterocycles. The first-order valence-electron chi connectivity index (χ1n) is 48.1. The summed E-state index contributed by atoms with van der Waals surface area (Å²) in [6, 6.07) is 176. The van der Waals surface area contributed by atoms with Crippen molar-refractivity contribution < 1.29 is 0 Å². The Hall–Kier alpha value is -16.1. The van der Waals surface area contributed by atoms with Gasteiger partial charge in [-0.3, -0.25) is 0 Å². The molecule has 21 aromatic carbocycles. The number of benzene rings is 21. The lowest BCUT2D eigenvalue weighted by molar-refractivity contribution is 0.661. The summed E-state index contributed by atoms with van der Waals surface area (Å²) in [4.78, 5) is 7.20. The zero-order valence-corrected chi connectivity index (χ0v) is 80.6. The summed E-state index contributed by atoms with van der Waals surface area (Å²) in [7, 11) is 0. The van der Waals surface area contributed by atoms with Crippen LogP contribution in [0.3, 0.4) is 0 Å². The molecular weight excluding hydrogens is 1740 g/mol. The quantitative estimate of drug-likeness (QED) is 0.107. The van der Waals surface area contributed by atoms with Crippen molar-refractivity contribution in [3.63, 3.8) is 0 Å². The van der Waals surface area contributed by atoms with Crippen molar-refractivity contribution in [3.8, 4) is 89.0 Å². The number of thiophene rings is 3. The van der Waals surface area contributed by atoms with Crippen LogP contribution in [0.4, 0.5) is 51.2 Å². The van der Waals surface area contributed by atoms with Gasteiger partial charge in [0.2, 0.25) is 0 Å². The summed E-state index contributed by atoms with van der Waals surface area (Å²) in [6.07, 6.45) is 0. The van der Waals surface area contributed by atoms with E-state index in [1.807, 2.05) is 34.0 Å². The minimum Gasteiger partial charge on any atom is -0.310 e. The highest BCUT2D eigenvalue weighted by Gasteiger charge is 2.40. The molecule has 27 rings (SSSR count). The Kier molecular flexibility index (Phi) is 20.9. The van der Waals surface area contributed by atoms with Crippen LogP contribution < -0.4 is 14.7 Å². The number of hydrogen-bond donors (Lipinski definition) is 0. The summed E-state index contributed by atoms with van der Waals surface area (Å²) in [5, 5.41) is 10.6. The van der Waals surface area contributed by atoms with Gasteiger partial charge in [-0.1, -0.05) is 363 Å². The fraction of sp³-hybridized carbons (Fsp3) is 0.0677. The van der Waals surface area contributed by atoms with E-state index in [1.54, 1.807) is 0 Å². The van der Waals surface area contributed by atoms with Crippen LogP contribution in [0.1, 0.15) is 74.9 Å². The van der Waals surface area contributed by atoms with Crippen LogP contribution >= 0.6 is 34.0 Å². The van der Waals surface area contributed by atoms with Gasteiger partial charge in [0.1, 0.15) is 0 Å². The molecule has 3 aliphatic carbocycles. The summed E-state index contributed by atoms with van der Waals surface area (Å²) in [5.74, 6) is 0. The molecule has 0 saturated carbocycles. The number of rotatable bonds is 14. The highest BCUT2D eigenvalue weighted by Crippen LogP contribution is 2.58. The summed E-state index contributed by atoms with van der Waals surface area (Å²) >= 11 is 5.71. The maximum Gasteiger partial charge on any atom is 0.0640 e. The topological polar surface area (TPSA) is 9.72 Å². The van der Waals surface area contributed by atoms with Gasteiger partial charge in [0.05, 0.1) is 10.4 Å². The molecule has 139 heavy (non-hydrogen) atoms. The average molecular weight is 1830 g/mol. The van der Waals surface area contributed by atoms with E-state index in [1.165, 1.54) is 199 Å². The lowest BCUT2D eigenvalue weighted by atomic mass is 9.82. The Morgan fingerprint density at radius 3 is 0.885 bits per heavy atom. The third-order valence-electron chi connectivity index (χ3n) is 29.4. The smallest absolute Gasteiger partial charge is 0.0640 e. The van der Waals surface area contributed by atoms with E-state index in [0.717, 1.165) is 45.5 Å². The second kappa shape index (κ2) is 34.3.